The van der Waals surface area contributed by atoms with E-state index in [1.54, 1.807) is 0 Å². The summed E-state index contributed by atoms with van der Waals surface area (Å²) in [6.07, 6.45) is 2.96. The SMILES string of the molecule is CCC(C)(Pc1ccccc1/C=N/C(C)(C)C)c1cc(C)cc(C(C)(C)C)c1O. The third-order valence-corrected chi connectivity index (χ3v) is 7.23. The Kier molecular flexibility index (Phi) is 7.01. The van der Waals surface area contributed by atoms with E-state index in [1.807, 2.05) is 6.21 Å². The first-order chi connectivity index (χ1) is 13.3. The first-order valence-corrected chi connectivity index (χ1v) is 11.5. The second-order valence-corrected chi connectivity index (χ2v) is 12.2. The van der Waals surface area contributed by atoms with Crippen LogP contribution >= 0.6 is 8.58 Å². The van der Waals surface area contributed by atoms with Gasteiger partial charge in [-0.05, 0) is 56.0 Å². The first-order valence-electron chi connectivity index (χ1n) is 10.5. The molecule has 2 aromatic carbocycles. The standard InChI is InChI=1S/C26H38NOP/c1-10-26(9,21-16-18(2)15-20(23(21)28)24(3,4)5)29-22-14-12-11-13-19(22)17-27-25(6,7)8/h11-17,28-29H,10H2,1-9H3/b27-17+. The monoisotopic (exact) mass is 411 g/mol. The zero-order chi connectivity index (χ0) is 22.0. The summed E-state index contributed by atoms with van der Waals surface area (Å²) in [5.74, 6) is 0.459. The number of phenolic OH excluding ortho intramolecular Hbond substituents is 1. The van der Waals surface area contributed by atoms with Gasteiger partial charge in [-0.15, -0.1) is 0 Å². The summed E-state index contributed by atoms with van der Waals surface area (Å²) < 4.78 is 0. The van der Waals surface area contributed by atoms with Crippen LogP contribution in [0, 0.1) is 6.92 Å². The maximum absolute atomic E-state index is 11.3. The number of aromatic hydroxyl groups is 1. The number of aryl methyl sites for hydroxylation is 1. The molecule has 0 fully saturated rings. The molecular formula is C26H38NOP. The maximum atomic E-state index is 11.3. The van der Waals surface area contributed by atoms with Crippen LogP contribution in [0.5, 0.6) is 5.75 Å². The van der Waals surface area contributed by atoms with Gasteiger partial charge in [0.25, 0.3) is 0 Å². The summed E-state index contributed by atoms with van der Waals surface area (Å²) in [7, 11) is 0.539. The summed E-state index contributed by atoms with van der Waals surface area (Å²) in [4.78, 5) is 4.72. The molecule has 0 aliphatic carbocycles. The number of hydrogen-bond donors (Lipinski definition) is 1. The Hall–Kier alpha value is -1.66. The molecule has 0 amide bonds. The van der Waals surface area contributed by atoms with Gasteiger partial charge in [0.15, 0.2) is 0 Å². The number of benzene rings is 2. The van der Waals surface area contributed by atoms with E-state index in [-0.39, 0.29) is 16.1 Å². The normalized spacial score (nSPS) is 15.3. The predicted octanol–water partition coefficient (Wildman–Crippen LogP) is 6.84. The highest BCUT2D eigenvalue weighted by Crippen LogP contribution is 2.49. The molecule has 2 nitrogen and oxygen atoms in total. The van der Waals surface area contributed by atoms with Gasteiger partial charge >= 0.3 is 0 Å². The molecule has 0 bridgehead atoms. The summed E-state index contributed by atoms with van der Waals surface area (Å²) in [6, 6.07) is 12.8. The van der Waals surface area contributed by atoms with Gasteiger partial charge < -0.3 is 5.11 Å². The van der Waals surface area contributed by atoms with E-state index in [0.29, 0.717) is 14.3 Å². The van der Waals surface area contributed by atoms with Gasteiger partial charge in [-0.2, -0.15) is 0 Å². The summed E-state index contributed by atoms with van der Waals surface area (Å²) >= 11 is 0. The maximum Gasteiger partial charge on any atom is 0.123 e. The minimum atomic E-state index is -0.137. The van der Waals surface area contributed by atoms with Gasteiger partial charge in [0.1, 0.15) is 5.75 Å². The van der Waals surface area contributed by atoms with Crippen LogP contribution in [0.15, 0.2) is 41.4 Å². The Bertz CT molecular complexity index is 887. The van der Waals surface area contributed by atoms with Crippen molar-refractivity contribution in [3.8, 4) is 5.75 Å². The Morgan fingerprint density at radius 3 is 2.10 bits per heavy atom. The Morgan fingerprint density at radius 1 is 0.966 bits per heavy atom. The molecule has 0 heterocycles. The molecule has 29 heavy (non-hydrogen) atoms. The largest absolute Gasteiger partial charge is 0.507 e. The van der Waals surface area contributed by atoms with Gasteiger partial charge in [-0.3, -0.25) is 4.99 Å². The lowest BCUT2D eigenvalue weighted by Crippen LogP contribution is -2.22. The highest BCUT2D eigenvalue weighted by atomic mass is 31.1. The fraction of sp³-hybridized carbons (Fsp3) is 0.500. The van der Waals surface area contributed by atoms with Gasteiger partial charge in [0.05, 0.1) is 5.54 Å². The molecule has 0 aliphatic rings. The minimum Gasteiger partial charge on any atom is -0.507 e. The van der Waals surface area contributed by atoms with Gasteiger partial charge in [0, 0.05) is 16.9 Å². The lowest BCUT2D eigenvalue weighted by atomic mass is 9.82. The van der Waals surface area contributed by atoms with E-state index >= 15 is 0 Å². The first kappa shape index (κ1) is 23.6. The predicted molar refractivity (Wildman–Crippen MR) is 131 cm³/mol. The van der Waals surface area contributed by atoms with Gasteiger partial charge in [0.2, 0.25) is 0 Å². The molecule has 0 radical (unpaired) electrons. The third kappa shape index (κ3) is 5.92. The number of hydrogen-bond acceptors (Lipinski definition) is 2. The average Bonchev–Trinajstić information content (AvgIpc) is 2.61. The van der Waals surface area contributed by atoms with Crippen LogP contribution in [-0.4, -0.2) is 16.9 Å². The number of rotatable bonds is 5. The molecule has 0 saturated heterocycles. The van der Waals surface area contributed by atoms with Crippen LogP contribution in [-0.2, 0) is 10.6 Å². The van der Waals surface area contributed by atoms with Crippen LogP contribution < -0.4 is 5.30 Å². The van der Waals surface area contributed by atoms with Crippen molar-refractivity contribution in [2.45, 2.75) is 84.8 Å². The van der Waals surface area contributed by atoms with E-state index in [1.165, 1.54) is 16.4 Å². The highest BCUT2D eigenvalue weighted by Gasteiger charge is 2.32. The zero-order valence-corrected chi connectivity index (χ0v) is 20.6. The summed E-state index contributed by atoms with van der Waals surface area (Å²) in [5, 5.41) is 12.4. The molecule has 2 rings (SSSR count). The Morgan fingerprint density at radius 2 is 1.55 bits per heavy atom. The molecule has 2 atom stereocenters. The average molecular weight is 412 g/mol. The van der Waals surface area contributed by atoms with Crippen molar-refractivity contribution in [1.29, 1.82) is 0 Å². The molecule has 3 heteroatoms. The fourth-order valence-electron chi connectivity index (χ4n) is 3.40. The van der Waals surface area contributed by atoms with Crippen LogP contribution in [0.1, 0.15) is 84.1 Å². The molecule has 2 aromatic rings. The topological polar surface area (TPSA) is 32.6 Å². The van der Waals surface area contributed by atoms with E-state index in [0.717, 1.165) is 17.5 Å². The Balaban J connectivity index is 2.55. The number of nitrogens with zero attached hydrogens (tertiary/aromatic N) is 1. The minimum absolute atomic E-state index is 0.0965. The number of aliphatic imine (C=N–C) groups is 1. The quantitative estimate of drug-likeness (QED) is 0.424. The molecule has 0 saturated carbocycles. The number of phenols is 1. The van der Waals surface area contributed by atoms with E-state index in [4.69, 9.17) is 4.99 Å². The van der Waals surface area contributed by atoms with Crippen LogP contribution in [0.2, 0.25) is 0 Å². The van der Waals surface area contributed by atoms with Crippen LogP contribution in [0.25, 0.3) is 0 Å². The molecule has 0 aliphatic heterocycles. The zero-order valence-electron chi connectivity index (χ0n) is 19.6. The van der Waals surface area contributed by atoms with E-state index in [9.17, 15) is 5.11 Å². The molecule has 0 spiro atoms. The third-order valence-electron chi connectivity index (χ3n) is 5.33. The second-order valence-electron chi connectivity index (χ2n) is 10.3. The highest BCUT2D eigenvalue weighted by molar-refractivity contribution is 7.48. The van der Waals surface area contributed by atoms with Crippen molar-refractivity contribution in [3.05, 3.63) is 58.7 Å². The lowest BCUT2D eigenvalue weighted by molar-refractivity contribution is 0.430. The van der Waals surface area contributed by atoms with Crippen molar-refractivity contribution in [2.24, 2.45) is 4.99 Å². The molecule has 158 valence electrons. The smallest absolute Gasteiger partial charge is 0.123 e. The molecular weight excluding hydrogens is 373 g/mol. The van der Waals surface area contributed by atoms with Crippen LogP contribution in [0.4, 0.5) is 0 Å². The van der Waals surface area contributed by atoms with Gasteiger partial charge in [-0.25, -0.2) is 0 Å². The second kappa shape index (κ2) is 8.60. The molecule has 0 aromatic heterocycles. The van der Waals surface area contributed by atoms with Gasteiger partial charge in [-0.1, -0.05) is 85.2 Å². The molecule has 1 N–H and O–H groups in total. The lowest BCUT2D eigenvalue weighted by Gasteiger charge is -2.33. The summed E-state index contributed by atoms with van der Waals surface area (Å²) in [5.41, 5.74) is 4.27. The molecule has 2 unspecified atom stereocenters. The van der Waals surface area contributed by atoms with Crippen molar-refractivity contribution in [1.82, 2.24) is 0 Å². The van der Waals surface area contributed by atoms with Crippen molar-refractivity contribution in [3.63, 3.8) is 0 Å². The Labute approximate surface area is 179 Å². The van der Waals surface area contributed by atoms with Crippen molar-refractivity contribution < 1.29 is 5.11 Å². The van der Waals surface area contributed by atoms with Crippen LogP contribution in [0.3, 0.4) is 0 Å². The van der Waals surface area contributed by atoms with E-state index < -0.39 is 0 Å². The van der Waals surface area contributed by atoms with Crippen molar-refractivity contribution in [2.75, 3.05) is 0 Å². The fourth-order valence-corrected chi connectivity index (χ4v) is 4.97. The summed E-state index contributed by atoms with van der Waals surface area (Å²) in [6.45, 7) is 19.5. The van der Waals surface area contributed by atoms with Crippen molar-refractivity contribution >= 4 is 20.1 Å². The van der Waals surface area contributed by atoms with E-state index in [2.05, 4.69) is 98.7 Å².